The van der Waals surface area contributed by atoms with Crippen LogP contribution >= 0.6 is 0 Å². The Morgan fingerprint density at radius 3 is 2.43 bits per heavy atom. The molecular weight excluding hydrogens is 443 g/mol. The summed E-state index contributed by atoms with van der Waals surface area (Å²) in [5.74, 6) is 0.685. The van der Waals surface area contributed by atoms with E-state index in [9.17, 15) is 9.18 Å². The molecule has 0 saturated carbocycles. The minimum absolute atomic E-state index is 0.109. The average Bonchev–Trinajstić information content (AvgIpc) is 3.20. The second-order valence-electron chi connectivity index (χ2n) is 8.59. The van der Waals surface area contributed by atoms with Gasteiger partial charge in [0.25, 0.3) is 5.91 Å². The molecule has 3 aromatic carbocycles. The van der Waals surface area contributed by atoms with Crippen molar-refractivity contribution in [2.75, 3.05) is 31.1 Å². The van der Waals surface area contributed by atoms with E-state index in [1.807, 2.05) is 59.0 Å². The lowest BCUT2D eigenvalue weighted by Gasteiger charge is -2.24. The smallest absolute Gasteiger partial charge is 0.256 e. The van der Waals surface area contributed by atoms with Gasteiger partial charge in [-0.15, -0.1) is 10.2 Å². The molecule has 2 aromatic heterocycles. The highest BCUT2D eigenvalue weighted by Gasteiger charge is 2.25. The molecule has 174 valence electrons. The van der Waals surface area contributed by atoms with Crippen LogP contribution in [0.3, 0.4) is 0 Å². The predicted molar refractivity (Wildman–Crippen MR) is 133 cm³/mol. The molecule has 0 spiro atoms. The topological polar surface area (TPSA) is 66.6 Å². The van der Waals surface area contributed by atoms with Crippen molar-refractivity contribution in [2.45, 2.75) is 6.42 Å². The van der Waals surface area contributed by atoms with Gasteiger partial charge < -0.3 is 9.80 Å². The summed E-state index contributed by atoms with van der Waals surface area (Å²) in [4.78, 5) is 21.9. The molecule has 0 unspecified atom stereocenters. The Hall–Kier alpha value is -4.33. The number of hydrogen-bond donors (Lipinski definition) is 0. The number of hydrogen-bond acceptors (Lipinski definition) is 5. The molecule has 1 amide bonds. The van der Waals surface area contributed by atoms with Crippen LogP contribution in [0, 0.1) is 5.82 Å². The normalized spacial score (nSPS) is 14.4. The zero-order valence-electron chi connectivity index (χ0n) is 19.0. The molecule has 1 saturated heterocycles. The largest absolute Gasteiger partial charge is 0.340 e. The maximum absolute atomic E-state index is 14.2. The summed E-state index contributed by atoms with van der Waals surface area (Å²) in [5, 5.41) is 9.99. The lowest BCUT2D eigenvalue weighted by atomic mass is 10.2. The van der Waals surface area contributed by atoms with E-state index in [4.69, 9.17) is 4.98 Å². The minimum Gasteiger partial charge on any atom is -0.340 e. The van der Waals surface area contributed by atoms with Crippen molar-refractivity contribution in [3.63, 3.8) is 0 Å². The fraction of sp³-hybridized carbons (Fsp3) is 0.185. The predicted octanol–water partition coefficient (Wildman–Crippen LogP) is 4.44. The number of para-hydroxylation sites is 1. The first-order valence-corrected chi connectivity index (χ1v) is 11.7. The summed E-state index contributed by atoms with van der Waals surface area (Å²) in [6.45, 7) is 2.28. The van der Waals surface area contributed by atoms with Crippen LogP contribution in [0.2, 0.25) is 0 Å². The number of anilines is 1. The molecule has 35 heavy (non-hydrogen) atoms. The van der Waals surface area contributed by atoms with E-state index in [0.717, 1.165) is 40.3 Å². The molecule has 5 aromatic rings. The molecule has 1 aliphatic rings. The van der Waals surface area contributed by atoms with Gasteiger partial charge in [0.05, 0.1) is 11.1 Å². The highest BCUT2D eigenvalue weighted by Crippen LogP contribution is 2.29. The second-order valence-corrected chi connectivity index (χ2v) is 8.59. The zero-order chi connectivity index (χ0) is 23.8. The van der Waals surface area contributed by atoms with Crippen LogP contribution in [0.15, 0.2) is 78.9 Å². The lowest BCUT2D eigenvalue weighted by molar-refractivity contribution is 0.0762. The standard InChI is InChI=1S/C27H23FN6O/c28-22-13-6-4-11-20(22)26(35)32-15-8-16-33(18-17-32)27-29-23-14-7-5-12-21(23)25-31-30-24(34(25)27)19-9-2-1-3-10-19/h1-7,9-14H,8,15-18H2. The van der Waals surface area contributed by atoms with Crippen molar-refractivity contribution < 1.29 is 9.18 Å². The Morgan fingerprint density at radius 1 is 0.800 bits per heavy atom. The van der Waals surface area contributed by atoms with Gasteiger partial charge in [-0.1, -0.05) is 54.6 Å². The summed E-state index contributed by atoms with van der Waals surface area (Å²) >= 11 is 0. The molecule has 7 nitrogen and oxygen atoms in total. The fourth-order valence-corrected chi connectivity index (χ4v) is 4.68. The number of amides is 1. The number of carbonyl (C=O) groups is 1. The SMILES string of the molecule is O=C(c1ccccc1F)N1CCCN(c2nc3ccccc3c3nnc(-c4ccccc4)n23)CC1. The first-order valence-electron chi connectivity index (χ1n) is 11.7. The van der Waals surface area contributed by atoms with Gasteiger partial charge in [-0.25, -0.2) is 13.8 Å². The number of benzene rings is 3. The number of rotatable bonds is 3. The van der Waals surface area contributed by atoms with Crippen molar-refractivity contribution in [2.24, 2.45) is 0 Å². The monoisotopic (exact) mass is 466 g/mol. The molecule has 0 aliphatic carbocycles. The Labute approximate surface area is 201 Å². The Kier molecular flexibility index (Phi) is 5.33. The van der Waals surface area contributed by atoms with Crippen molar-refractivity contribution in [3.05, 3.63) is 90.2 Å². The second kappa shape index (κ2) is 8.79. The van der Waals surface area contributed by atoms with E-state index in [-0.39, 0.29) is 11.5 Å². The molecule has 0 N–H and O–H groups in total. The Balaban J connectivity index is 1.40. The van der Waals surface area contributed by atoms with Crippen LogP contribution in [0.25, 0.3) is 27.9 Å². The quantitative estimate of drug-likeness (QED) is 0.393. The third kappa shape index (κ3) is 3.77. The molecule has 8 heteroatoms. The van der Waals surface area contributed by atoms with Crippen molar-refractivity contribution >= 4 is 28.4 Å². The van der Waals surface area contributed by atoms with E-state index >= 15 is 0 Å². The van der Waals surface area contributed by atoms with E-state index in [2.05, 4.69) is 15.1 Å². The van der Waals surface area contributed by atoms with Crippen molar-refractivity contribution in [1.29, 1.82) is 0 Å². The van der Waals surface area contributed by atoms with E-state index in [1.54, 1.807) is 17.0 Å². The van der Waals surface area contributed by atoms with Crippen molar-refractivity contribution in [1.82, 2.24) is 24.5 Å². The number of aromatic nitrogens is 4. The van der Waals surface area contributed by atoms with E-state index < -0.39 is 5.82 Å². The van der Waals surface area contributed by atoms with Crippen LogP contribution in [-0.2, 0) is 0 Å². The summed E-state index contributed by atoms with van der Waals surface area (Å²) in [7, 11) is 0. The molecule has 6 rings (SSSR count). The lowest BCUT2D eigenvalue weighted by Crippen LogP contribution is -2.36. The van der Waals surface area contributed by atoms with E-state index in [1.165, 1.54) is 12.1 Å². The van der Waals surface area contributed by atoms with Crippen LogP contribution in [0.5, 0.6) is 0 Å². The third-order valence-corrected chi connectivity index (χ3v) is 6.43. The number of carbonyl (C=O) groups excluding carboxylic acids is 1. The van der Waals surface area contributed by atoms with Gasteiger partial charge >= 0.3 is 0 Å². The average molecular weight is 467 g/mol. The maximum atomic E-state index is 14.2. The van der Waals surface area contributed by atoms with E-state index in [0.29, 0.717) is 26.2 Å². The minimum atomic E-state index is -0.492. The zero-order valence-corrected chi connectivity index (χ0v) is 19.0. The highest BCUT2D eigenvalue weighted by atomic mass is 19.1. The highest BCUT2D eigenvalue weighted by molar-refractivity contribution is 5.95. The molecule has 0 bridgehead atoms. The number of nitrogens with zero attached hydrogens (tertiary/aromatic N) is 6. The van der Waals surface area contributed by atoms with Gasteiger partial charge in [0, 0.05) is 37.1 Å². The molecule has 1 aliphatic heterocycles. The van der Waals surface area contributed by atoms with Crippen LogP contribution in [0.1, 0.15) is 16.8 Å². The number of halogens is 1. The van der Waals surface area contributed by atoms with Crippen LogP contribution in [-0.4, -0.2) is 56.6 Å². The first-order chi connectivity index (χ1) is 17.2. The number of fused-ring (bicyclic) bond motifs is 3. The summed E-state index contributed by atoms with van der Waals surface area (Å²) in [6.07, 6.45) is 0.735. The first kappa shape index (κ1) is 21.2. The maximum Gasteiger partial charge on any atom is 0.256 e. The van der Waals surface area contributed by atoms with Gasteiger partial charge in [-0.3, -0.25) is 4.79 Å². The Morgan fingerprint density at radius 2 is 1.57 bits per heavy atom. The fourth-order valence-electron chi connectivity index (χ4n) is 4.68. The van der Waals surface area contributed by atoms with Crippen molar-refractivity contribution in [3.8, 4) is 11.4 Å². The van der Waals surface area contributed by atoms with Gasteiger partial charge in [0.1, 0.15) is 5.82 Å². The van der Waals surface area contributed by atoms with Gasteiger partial charge in [-0.05, 0) is 30.7 Å². The molecular formula is C27H23FN6O. The summed E-state index contributed by atoms with van der Waals surface area (Å²) < 4.78 is 16.3. The van der Waals surface area contributed by atoms with Gasteiger partial charge in [0.15, 0.2) is 11.5 Å². The molecule has 1 fully saturated rings. The molecule has 0 atom stereocenters. The summed E-state index contributed by atoms with van der Waals surface area (Å²) in [6, 6.07) is 24.0. The van der Waals surface area contributed by atoms with Crippen LogP contribution < -0.4 is 4.90 Å². The van der Waals surface area contributed by atoms with Gasteiger partial charge in [0.2, 0.25) is 5.95 Å². The molecule has 0 radical (unpaired) electrons. The third-order valence-electron chi connectivity index (χ3n) is 6.43. The molecule has 3 heterocycles. The van der Waals surface area contributed by atoms with Gasteiger partial charge in [-0.2, -0.15) is 0 Å². The van der Waals surface area contributed by atoms with Crippen LogP contribution in [0.4, 0.5) is 10.3 Å². The Bertz CT molecular complexity index is 1530. The summed E-state index contributed by atoms with van der Waals surface area (Å²) in [5.41, 5.74) is 2.64.